The van der Waals surface area contributed by atoms with Gasteiger partial charge in [-0.3, -0.25) is 0 Å². The first kappa shape index (κ1) is 11.9. The van der Waals surface area contributed by atoms with Crippen LogP contribution in [0.25, 0.3) is 11.6 Å². The number of carboxylic acid groups (broad SMARTS) is 1. The molecule has 1 aliphatic carbocycles. The molecule has 1 aliphatic rings. The van der Waals surface area contributed by atoms with Crippen LogP contribution in [-0.4, -0.2) is 31.2 Å². The van der Waals surface area contributed by atoms with Crippen LogP contribution in [0.5, 0.6) is 0 Å². The van der Waals surface area contributed by atoms with Crippen molar-refractivity contribution >= 4 is 5.97 Å². The van der Waals surface area contributed by atoms with Gasteiger partial charge in [0.05, 0.1) is 6.33 Å². The van der Waals surface area contributed by atoms with Crippen LogP contribution in [0.1, 0.15) is 54.3 Å². The van der Waals surface area contributed by atoms with Gasteiger partial charge in [-0.2, -0.15) is 4.98 Å². The van der Waals surface area contributed by atoms with Crippen molar-refractivity contribution in [3.8, 4) is 11.6 Å². The summed E-state index contributed by atoms with van der Waals surface area (Å²) >= 11 is 0. The zero-order chi connectivity index (χ0) is 13.2. The molecule has 1 fully saturated rings. The number of aromatic nitrogens is 4. The van der Waals surface area contributed by atoms with E-state index in [1.807, 2.05) is 0 Å². The van der Waals surface area contributed by atoms with Crippen LogP contribution in [0.2, 0.25) is 0 Å². The van der Waals surface area contributed by atoms with Crippen LogP contribution >= 0.6 is 0 Å². The third kappa shape index (κ3) is 2.23. The second-order valence-electron chi connectivity index (χ2n) is 4.72. The minimum absolute atomic E-state index is 0.0983. The minimum atomic E-state index is -1.12. The number of nitrogens with zero attached hydrogens (tertiary/aromatic N) is 3. The van der Waals surface area contributed by atoms with Crippen LogP contribution in [0.4, 0.5) is 0 Å². The lowest BCUT2D eigenvalue weighted by Gasteiger charge is -2.17. The van der Waals surface area contributed by atoms with Crippen LogP contribution < -0.4 is 0 Å². The number of aromatic carboxylic acids is 1. The van der Waals surface area contributed by atoms with Gasteiger partial charge in [0.2, 0.25) is 0 Å². The molecular formula is C12H14N4O3. The number of hydrogen-bond donors (Lipinski definition) is 2. The Morgan fingerprint density at radius 3 is 2.89 bits per heavy atom. The van der Waals surface area contributed by atoms with Crippen molar-refractivity contribution in [1.82, 2.24) is 20.1 Å². The van der Waals surface area contributed by atoms with E-state index < -0.39 is 5.97 Å². The van der Waals surface area contributed by atoms with E-state index in [4.69, 9.17) is 9.63 Å². The summed E-state index contributed by atoms with van der Waals surface area (Å²) in [6.45, 7) is 0. The maximum Gasteiger partial charge on any atom is 0.356 e. The van der Waals surface area contributed by atoms with Crippen LogP contribution in [-0.2, 0) is 0 Å². The van der Waals surface area contributed by atoms with Crippen LogP contribution in [0, 0.1) is 0 Å². The number of H-pyrrole nitrogens is 1. The highest BCUT2D eigenvalue weighted by Crippen LogP contribution is 2.32. The summed E-state index contributed by atoms with van der Waals surface area (Å²) in [6, 6.07) is 0. The molecule has 7 nitrogen and oxygen atoms in total. The molecule has 2 N–H and O–H groups in total. The molecule has 0 radical (unpaired) electrons. The van der Waals surface area contributed by atoms with E-state index in [0.29, 0.717) is 11.7 Å². The summed E-state index contributed by atoms with van der Waals surface area (Å²) in [5.74, 6) is 0.0622. The normalized spacial score (nSPS) is 16.6. The summed E-state index contributed by atoms with van der Waals surface area (Å²) in [7, 11) is 0. The molecule has 1 saturated carbocycles. The summed E-state index contributed by atoms with van der Waals surface area (Å²) in [5, 5.41) is 13.0. The van der Waals surface area contributed by atoms with E-state index in [1.54, 1.807) is 0 Å². The predicted molar refractivity (Wildman–Crippen MR) is 64.7 cm³/mol. The quantitative estimate of drug-likeness (QED) is 0.878. The van der Waals surface area contributed by atoms with E-state index in [9.17, 15) is 4.79 Å². The van der Waals surface area contributed by atoms with Gasteiger partial charge in [0.1, 0.15) is 5.69 Å². The molecule has 0 aliphatic heterocycles. The Bertz CT molecular complexity index is 583. The first-order chi connectivity index (χ1) is 9.25. The number of imidazole rings is 1. The molecule has 2 aromatic heterocycles. The van der Waals surface area contributed by atoms with E-state index >= 15 is 0 Å². The lowest BCUT2D eigenvalue weighted by atomic mass is 9.89. The Morgan fingerprint density at radius 2 is 2.16 bits per heavy atom. The minimum Gasteiger partial charge on any atom is -0.476 e. The van der Waals surface area contributed by atoms with Gasteiger partial charge in [0.15, 0.2) is 11.5 Å². The van der Waals surface area contributed by atoms with Crippen LogP contribution in [0.15, 0.2) is 10.9 Å². The molecule has 7 heteroatoms. The molecule has 0 amide bonds. The average molecular weight is 262 g/mol. The molecule has 0 saturated heterocycles. The Kier molecular flexibility index (Phi) is 3.02. The SMILES string of the molecule is O=C(O)c1nc[nH]c1-c1nc(C2CCCCC2)no1. The highest BCUT2D eigenvalue weighted by Gasteiger charge is 2.24. The number of carboxylic acids is 1. The van der Waals surface area contributed by atoms with Gasteiger partial charge in [-0.1, -0.05) is 24.4 Å². The second-order valence-corrected chi connectivity index (χ2v) is 4.72. The number of carbonyl (C=O) groups is 1. The molecule has 0 atom stereocenters. The zero-order valence-corrected chi connectivity index (χ0v) is 10.3. The third-order valence-electron chi connectivity index (χ3n) is 3.47. The molecule has 0 unspecified atom stereocenters. The Hall–Kier alpha value is -2.18. The van der Waals surface area contributed by atoms with Gasteiger partial charge in [-0.05, 0) is 12.8 Å². The first-order valence-corrected chi connectivity index (χ1v) is 6.36. The molecule has 0 bridgehead atoms. The molecule has 2 heterocycles. The summed E-state index contributed by atoms with van der Waals surface area (Å²) in [6.07, 6.45) is 7.05. The fraction of sp³-hybridized carbons (Fsp3) is 0.500. The standard InChI is InChI=1S/C12H14N4O3/c17-12(18)9-8(13-6-14-9)11-15-10(16-19-11)7-4-2-1-3-5-7/h6-7H,1-5H2,(H,13,14)(H,17,18). The molecule has 19 heavy (non-hydrogen) atoms. The molecular weight excluding hydrogens is 248 g/mol. The molecule has 100 valence electrons. The van der Waals surface area contributed by atoms with Crippen molar-refractivity contribution in [2.45, 2.75) is 38.0 Å². The number of nitrogens with one attached hydrogen (secondary N) is 1. The van der Waals surface area contributed by atoms with Crippen molar-refractivity contribution in [1.29, 1.82) is 0 Å². The summed E-state index contributed by atoms with van der Waals surface area (Å²) in [4.78, 5) is 21.8. The van der Waals surface area contributed by atoms with Gasteiger partial charge in [0, 0.05) is 5.92 Å². The Morgan fingerprint density at radius 1 is 1.37 bits per heavy atom. The fourth-order valence-electron chi connectivity index (χ4n) is 2.48. The fourth-order valence-corrected chi connectivity index (χ4v) is 2.48. The van der Waals surface area contributed by atoms with Crippen molar-refractivity contribution < 1.29 is 14.4 Å². The van der Waals surface area contributed by atoms with E-state index in [-0.39, 0.29) is 17.3 Å². The summed E-state index contributed by atoms with van der Waals surface area (Å²) < 4.78 is 5.16. The van der Waals surface area contributed by atoms with Gasteiger partial charge in [-0.15, -0.1) is 0 Å². The lowest BCUT2D eigenvalue weighted by molar-refractivity contribution is 0.0691. The predicted octanol–water partition coefficient (Wildman–Crippen LogP) is 2.21. The third-order valence-corrected chi connectivity index (χ3v) is 3.47. The van der Waals surface area contributed by atoms with E-state index in [2.05, 4.69) is 20.1 Å². The van der Waals surface area contributed by atoms with Crippen molar-refractivity contribution in [3.63, 3.8) is 0 Å². The molecule has 2 aromatic rings. The highest BCUT2D eigenvalue weighted by molar-refractivity contribution is 5.91. The van der Waals surface area contributed by atoms with Gasteiger partial charge in [0.25, 0.3) is 5.89 Å². The summed E-state index contributed by atoms with van der Waals surface area (Å²) in [5.41, 5.74) is 0.168. The van der Waals surface area contributed by atoms with Gasteiger partial charge >= 0.3 is 5.97 Å². The number of hydrogen-bond acceptors (Lipinski definition) is 5. The number of aromatic amines is 1. The van der Waals surface area contributed by atoms with Crippen molar-refractivity contribution in [2.75, 3.05) is 0 Å². The second kappa shape index (κ2) is 4.83. The van der Waals surface area contributed by atoms with Crippen LogP contribution in [0.3, 0.4) is 0 Å². The molecule has 0 spiro atoms. The van der Waals surface area contributed by atoms with E-state index in [1.165, 1.54) is 25.6 Å². The Labute approximate surface area is 109 Å². The first-order valence-electron chi connectivity index (χ1n) is 6.36. The highest BCUT2D eigenvalue weighted by atomic mass is 16.5. The number of rotatable bonds is 3. The van der Waals surface area contributed by atoms with Crippen molar-refractivity contribution in [3.05, 3.63) is 17.8 Å². The van der Waals surface area contributed by atoms with Gasteiger partial charge < -0.3 is 14.6 Å². The maximum atomic E-state index is 11.0. The van der Waals surface area contributed by atoms with Gasteiger partial charge in [-0.25, -0.2) is 9.78 Å². The van der Waals surface area contributed by atoms with Crippen molar-refractivity contribution in [2.24, 2.45) is 0 Å². The topological polar surface area (TPSA) is 105 Å². The Balaban J connectivity index is 1.88. The monoisotopic (exact) mass is 262 g/mol. The average Bonchev–Trinajstić information content (AvgIpc) is 3.08. The molecule has 0 aromatic carbocycles. The lowest BCUT2D eigenvalue weighted by Crippen LogP contribution is -2.06. The molecule has 3 rings (SSSR count). The zero-order valence-electron chi connectivity index (χ0n) is 10.3. The van der Waals surface area contributed by atoms with E-state index in [0.717, 1.165) is 12.8 Å². The smallest absolute Gasteiger partial charge is 0.356 e. The maximum absolute atomic E-state index is 11.0. The largest absolute Gasteiger partial charge is 0.476 e.